The van der Waals surface area contributed by atoms with E-state index in [9.17, 15) is 19.0 Å². The van der Waals surface area contributed by atoms with Gasteiger partial charge >= 0.3 is 19.8 Å². The molecule has 0 aromatic carbocycles. The van der Waals surface area contributed by atoms with E-state index in [-0.39, 0.29) is 37.0 Å². The highest BCUT2D eigenvalue weighted by atomic mass is 31.2. The normalized spacial score (nSPS) is 14.6. The molecular formula is C48H97NO8P+. The molecular weight excluding hydrogens is 750 g/mol. The first-order chi connectivity index (χ1) is 27.9. The van der Waals surface area contributed by atoms with E-state index in [2.05, 4.69) is 27.7 Å². The van der Waals surface area contributed by atoms with Crippen molar-refractivity contribution in [1.29, 1.82) is 0 Å². The highest BCUT2D eigenvalue weighted by Gasteiger charge is 2.30. The molecule has 0 aliphatic rings. The minimum atomic E-state index is -4.43. The SMILES string of the molecule is CCCCCCCCCCC(CCCCCCCC)C(=O)OC[C@H](COP(=O)(O)OCC[N+](C)(C)C)OC(=O)C(CCCCCCCC)CCCCCCCCCC. The molecule has 3 unspecified atom stereocenters. The maximum absolute atomic E-state index is 13.9. The van der Waals surface area contributed by atoms with Crippen LogP contribution in [-0.4, -0.2) is 74.9 Å². The van der Waals surface area contributed by atoms with Gasteiger partial charge in [0.05, 0.1) is 39.6 Å². The molecule has 0 saturated carbocycles. The number of esters is 2. The van der Waals surface area contributed by atoms with E-state index in [1.54, 1.807) is 0 Å². The Morgan fingerprint density at radius 1 is 0.483 bits per heavy atom. The van der Waals surface area contributed by atoms with E-state index in [1.165, 1.54) is 128 Å². The van der Waals surface area contributed by atoms with E-state index < -0.39 is 20.5 Å². The summed E-state index contributed by atoms with van der Waals surface area (Å²) in [6.45, 7) is 8.86. The lowest BCUT2D eigenvalue weighted by Crippen LogP contribution is -2.37. The lowest BCUT2D eigenvalue weighted by Gasteiger charge is -2.25. The fraction of sp³-hybridized carbons (Fsp3) is 0.958. The summed E-state index contributed by atoms with van der Waals surface area (Å²) in [6, 6.07) is 0. The molecule has 0 fully saturated rings. The summed E-state index contributed by atoms with van der Waals surface area (Å²) in [5.74, 6) is -1.09. The molecule has 1 N–H and O–H groups in total. The average Bonchev–Trinajstić information content (AvgIpc) is 3.18. The van der Waals surface area contributed by atoms with Crippen LogP contribution in [0.4, 0.5) is 0 Å². The highest BCUT2D eigenvalue weighted by molar-refractivity contribution is 7.47. The molecule has 10 heteroatoms. The minimum Gasteiger partial charge on any atom is -0.461 e. The van der Waals surface area contributed by atoms with E-state index in [4.69, 9.17) is 18.5 Å². The van der Waals surface area contributed by atoms with E-state index in [0.29, 0.717) is 11.0 Å². The molecule has 0 saturated heterocycles. The second-order valence-electron chi connectivity index (χ2n) is 18.3. The summed E-state index contributed by atoms with van der Waals surface area (Å²) in [5, 5.41) is 0. The number of phosphoric ester groups is 1. The molecule has 58 heavy (non-hydrogen) atoms. The molecule has 0 heterocycles. The van der Waals surface area contributed by atoms with Crippen molar-refractivity contribution < 1.29 is 42.1 Å². The fourth-order valence-electron chi connectivity index (χ4n) is 7.47. The first-order valence-electron chi connectivity index (χ1n) is 24.7. The number of quaternary nitrogens is 1. The summed E-state index contributed by atoms with van der Waals surface area (Å²) < 4.78 is 36.2. The Balaban J connectivity index is 5.75. The number of nitrogens with zero attached hydrogens (tertiary/aromatic N) is 1. The van der Waals surface area contributed by atoms with Crippen LogP contribution in [0.5, 0.6) is 0 Å². The largest absolute Gasteiger partial charge is 0.472 e. The number of phosphoric acid groups is 1. The van der Waals surface area contributed by atoms with Crippen LogP contribution in [0.2, 0.25) is 0 Å². The lowest BCUT2D eigenvalue weighted by atomic mass is 9.94. The molecule has 0 radical (unpaired) electrons. The summed E-state index contributed by atoms with van der Waals surface area (Å²) in [7, 11) is 1.48. The number of ether oxygens (including phenoxy) is 2. The van der Waals surface area contributed by atoms with Gasteiger partial charge in [0.15, 0.2) is 6.10 Å². The van der Waals surface area contributed by atoms with Gasteiger partial charge in [0, 0.05) is 0 Å². The zero-order chi connectivity index (χ0) is 43.2. The van der Waals surface area contributed by atoms with E-state index in [1.807, 2.05) is 21.1 Å². The van der Waals surface area contributed by atoms with Gasteiger partial charge in [-0.2, -0.15) is 0 Å². The van der Waals surface area contributed by atoms with Crippen molar-refractivity contribution in [1.82, 2.24) is 0 Å². The standard InChI is InChI=1S/C48H96NO8P/c1-8-12-16-20-24-26-30-33-37-44(36-32-28-22-18-14-10-3)47(50)54-42-46(43-56-58(52,53)55-41-40-49(5,6)7)57-48(51)45(38-34-29-23-19-15-11-4)39-35-31-27-25-21-17-13-9-2/h44-46H,8-43H2,1-7H3/p+1/t44?,45?,46-/m1/s1. The molecule has 0 aliphatic heterocycles. The number of carbonyl (C=O) groups excluding carboxylic acids is 2. The third-order valence-corrected chi connectivity index (χ3v) is 12.4. The molecule has 0 rings (SSSR count). The van der Waals surface area contributed by atoms with Gasteiger partial charge in [-0.3, -0.25) is 18.6 Å². The van der Waals surface area contributed by atoms with Crippen LogP contribution in [-0.2, 0) is 32.7 Å². The smallest absolute Gasteiger partial charge is 0.461 e. The van der Waals surface area contributed by atoms with Gasteiger partial charge in [-0.1, -0.05) is 207 Å². The monoisotopic (exact) mass is 847 g/mol. The zero-order valence-corrected chi connectivity index (χ0v) is 40.3. The van der Waals surface area contributed by atoms with Gasteiger partial charge in [0.25, 0.3) is 0 Å². The summed E-state index contributed by atoms with van der Waals surface area (Å²) in [4.78, 5) is 38.1. The lowest BCUT2D eigenvalue weighted by molar-refractivity contribution is -0.870. The third-order valence-electron chi connectivity index (χ3n) is 11.4. The molecule has 346 valence electrons. The van der Waals surface area contributed by atoms with Crippen LogP contribution < -0.4 is 0 Å². The first kappa shape index (κ1) is 57.0. The molecule has 9 nitrogen and oxygen atoms in total. The zero-order valence-electron chi connectivity index (χ0n) is 39.4. The van der Waals surface area contributed by atoms with Gasteiger partial charge < -0.3 is 18.9 Å². The Kier molecular flexibility index (Phi) is 38.2. The van der Waals surface area contributed by atoms with E-state index in [0.717, 1.165) is 77.0 Å². The van der Waals surface area contributed by atoms with Crippen LogP contribution in [0.1, 0.15) is 233 Å². The molecule has 0 aliphatic carbocycles. The Bertz CT molecular complexity index is 989. The highest BCUT2D eigenvalue weighted by Crippen LogP contribution is 2.43. The van der Waals surface area contributed by atoms with Crippen molar-refractivity contribution in [3.63, 3.8) is 0 Å². The van der Waals surface area contributed by atoms with Crippen LogP contribution in [0.3, 0.4) is 0 Å². The fourth-order valence-corrected chi connectivity index (χ4v) is 8.21. The molecule has 0 aromatic heterocycles. The van der Waals surface area contributed by atoms with Crippen molar-refractivity contribution in [3.05, 3.63) is 0 Å². The molecule has 0 spiro atoms. The second kappa shape index (κ2) is 38.9. The number of hydrogen-bond donors (Lipinski definition) is 1. The summed E-state index contributed by atoms with van der Waals surface area (Å²) in [6.07, 6.45) is 35.1. The predicted molar refractivity (Wildman–Crippen MR) is 243 cm³/mol. The van der Waals surface area contributed by atoms with Crippen molar-refractivity contribution in [2.75, 3.05) is 47.5 Å². The number of hydrogen-bond acceptors (Lipinski definition) is 7. The Morgan fingerprint density at radius 3 is 1.16 bits per heavy atom. The van der Waals surface area contributed by atoms with Crippen molar-refractivity contribution in [3.8, 4) is 0 Å². The second-order valence-corrected chi connectivity index (χ2v) is 19.8. The van der Waals surface area contributed by atoms with Crippen LogP contribution in [0.25, 0.3) is 0 Å². The minimum absolute atomic E-state index is 0.0362. The van der Waals surface area contributed by atoms with Crippen molar-refractivity contribution >= 4 is 19.8 Å². The number of likely N-dealkylation sites (N-methyl/N-ethyl adjacent to an activating group) is 1. The third kappa shape index (κ3) is 36.8. The van der Waals surface area contributed by atoms with Crippen molar-refractivity contribution in [2.45, 2.75) is 239 Å². The van der Waals surface area contributed by atoms with E-state index >= 15 is 0 Å². The van der Waals surface area contributed by atoms with Crippen LogP contribution in [0, 0.1) is 11.8 Å². The van der Waals surface area contributed by atoms with Gasteiger partial charge in [-0.15, -0.1) is 0 Å². The topological polar surface area (TPSA) is 108 Å². The van der Waals surface area contributed by atoms with Gasteiger partial charge in [0.2, 0.25) is 0 Å². The van der Waals surface area contributed by atoms with Crippen LogP contribution >= 0.6 is 7.82 Å². The number of unbranched alkanes of at least 4 members (excludes halogenated alkanes) is 24. The van der Waals surface area contributed by atoms with Crippen LogP contribution in [0.15, 0.2) is 0 Å². The number of rotatable bonds is 44. The quantitative estimate of drug-likeness (QED) is 0.0279. The Morgan fingerprint density at radius 2 is 0.810 bits per heavy atom. The van der Waals surface area contributed by atoms with Gasteiger partial charge in [0.1, 0.15) is 19.8 Å². The Labute approximate surface area is 359 Å². The first-order valence-corrected chi connectivity index (χ1v) is 26.2. The predicted octanol–water partition coefficient (Wildman–Crippen LogP) is 14.1. The maximum Gasteiger partial charge on any atom is 0.472 e. The van der Waals surface area contributed by atoms with Gasteiger partial charge in [-0.25, -0.2) is 4.57 Å². The molecule has 0 aromatic rings. The van der Waals surface area contributed by atoms with Crippen molar-refractivity contribution in [2.24, 2.45) is 11.8 Å². The van der Waals surface area contributed by atoms with Gasteiger partial charge in [-0.05, 0) is 25.7 Å². The summed E-state index contributed by atoms with van der Waals surface area (Å²) in [5.41, 5.74) is 0. The average molecular weight is 847 g/mol. The number of carbonyl (C=O) groups is 2. The molecule has 0 bridgehead atoms. The maximum atomic E-state index is 13.9. The molecule has 0 amide bonds. The summed E-state index contributed by atoms with van der Waals surface area (Å²) >= 11 is 0. The molecule has 4 atom stereocenters. The Hall–Kier alpha value is -0.990.